The van der Waals surface area contributed by atoms with Crippen molar-refractivity contribution in [2.24, 2.45) is 5.41 Å². The van der Waals surface area contributed by atoms with Crippen LogP contribution >= 0.6 is 0 Å². The molecule has 0 rings (SSSR count). The van der Waals surface area contributed by atoms with E-state index in [0.717, 1.165) is 0 Å². The van der Waals surface area contributed by atoms with E-state index in [1.54, 1.807) is 0 Å². The molecule has 0 saturated heterocycles. The predicted molar refractivity (Wildman–Crippen MR) is 93.4 cm³/mol. The summed E-state index contributed by atoms with van der Waals surface area (Å²) in [6.45, 7) is 12.8. The van der Waals surface area contributed by atoms with Gasteiger partial charge in [-0.05, 0) is 24.8 Å². The summed E-state index contributed by atoms with van der Waals surface area (Å²) in [4.78, 5) is 0. The van der Waals surface area contributed by atoms with E-state index >= 15 is 0 Å². The Kier molecular flexibility index (Phi) is 12.7. The second-order valence-electron chi connectivity index (χ2n) is 7.49. The van der Waals surface area contributed by atoms with Gasteiger partial charge >= 0.3 is 0 Å². The van der Waals surface area contributed by atoms with Crippen molar-refractivity contribution in [3.05, 3.63) is 0 Å². The monoisotopic (exact) mass is 283 g/mol. The van der Waals surface area contributed by atoms with E-state index in [2.05, 4.69) is 39.9 Å². The van der Waals surface area contributed by atoms with Gasteiger partial charge in [0.15, 0.2) is 0 Å². The zero-order chi connectivity index (χ0) is 15.3. The minimum Gasteiger partial charge on any atom is -0.313 e. The van der Waals surface area contributed by atoms with Gasteiger partial charge in [0.1, 0.15) is 0 Å². The minimum absolute atomic E-state index is 0.398. The fraction of sp³-hybridized carbons (Fsp3) is 1.00. The van der Waals surface area contributed by atoms with Gasteiger partial charge in [0.2, 0.25) is 0 Å². The zero-order valence-corrected chi connectivity index (χ0v) is 15.1. The first-order chi connectivity index (χ1) is 9.52. The van der Waals surface area contributed by atoms with Crippen molar-refractivity contribution >= 4 is 0 Å². The molecule has 1 unspecified atom stereocenters. The van der Waals surface area contributed by atoms with Crippen LogP contribution in [0.1, 0.15) is 105 Å². The molecular formula is C19H41N. The Labute approximate surface area is 129 Å². The fourth-order valence-corrected chi connectivity index (χ4v) is 2.82. The Hall–Kier alpha value is -0.0400. The lowest BCUT2D eigenvalue weighted by Crippen LogP contribution is -2.40. The third-order valence-electron chi connectivity index (χ3n) is 4.28. The third kappa shape index (κ3) is 11.8. The van der Waals surface area contributed by atoms with Crippen LogP contribution in [-0.2, 0) is 0 Å². The topological polar surface area (TPSA) is 12.0 Å². The summed E-state index contributed by atoms with van der Waals surface area (Å²) in [6.07, 6.45) is 15.4. The van der Waals surface area contributed by atoms with Crippen LogP contribution in [0.5, 0.6) is 0 Å². The zero-order valence-electron chi connectivity index (χ0n) is 15.1. The first-order valence-electron chi connectivity index (χ1n) is 9.25. The highest BCUT2D eigenvalue weighted by Crippen LogP contribution is 2.24. The molecule has 0 fully saturated rings. The summed E-state index contributed by atoms with van der Waals surface area (Å²) in [6, 6.07) is 0.687. The molecule has 0 spiro atoms. The number of rotatable bonds is 13. The Morgan fingerprint density at radius 1 is 0.700 bits per heavy atom. The molecule has 0 aliphatic heterocycles. The maximum Gasteiger partial charge on any atom is 0.0116 e. The predicted octanol–water partition coefficient (Wildman–Crippen LogP) is 6.32. The number of nitrogens with one attached hydrogen (secondary N) is 1. The average molecular weight is 284 g/mol. The molecular weight excluding hydrogens is 242 g/mol. The van der Waals surface area contributed by atoms with Gasteiger partial charge < -0.3 is 5.32 Å². The number of hydrogen-bond donors (Lipinski definition) is 1. The van der Waals surface area contributed by atoms with Gasteiger partial charge in [0.25, 0.3) is 0 Å². The molecule has 0 bridgehead atoms. The maximum absolute atomic E-state index is 3.73. The highest BCUT2D eigenvalue weighted by atomic mass is 14.9. The molecule has 20 heavy (non-hydrogen) atoms. The van der Waals surface area contributed by atoms with Crippen LogP contribution in [-0.4, -0.2) is 12.6 Å². The largest absolute Gasteiger partial charge is 0.313 e. The molecule has 0 aromatic rings. The highest BCUT2D eigenvalue weighted by Gasteiger charge is 2.22. The van der Waals surface area contributed by atoms with E-state index in [0.29, 0.717) is 11.5 Å². The Bertz CT molecular complexity index is 192. The van der Waals surface area contributed by atoms with Crippen LogP contribution in [0.2, 0.25) is 0 Å². The van der Waals surface area contributed by atoms with E-state index in [1.807, 2.05) is 0 Å². The van der Waals surface area contributed by atoms with Gasteiger partial charge in [-0.3, -0.25) is 0 Å². The summed E-state index contributed by atoms with van der Waals surface area (Å²) >= 11 is 0. The molecule has 0 saturated carbocycles. The molecule has 0 aliphatic rings. The molecule has 122 valence electrons. The molecule has 0 aliphatic carbocycles. The molecule has 0 heterocycles. The second kappa shape index (κ2) is 12.7. The second-order valence-corrected chi connectivity index (χ2v) is 7.49. The van der Waals surface area contributed by atoms with Crippen LogP contribution in [0.15, 0.2) is 0 Å². The van der Waals surface area contributed by atoms with Crippen LogP contribution in [0.4, 0.5) is 0 Å². The minimum atomic E-state index is 0.398. The van der Waals surface area contributed by atoms with Crippen molar-refractivity contribution in [2.75, 3.05) is 6.54 Å². The lowest BCUT2D eigenvalue weighted by Gasteiger charge is -2.32. The van der Waals surface area contributed by atoms with E-state index < -0.39 is 0 Å². The van der Waals surface area contributed by atoms with Gasteiger partial charge in [-0.25, -0.2) is 0 Å². The summed E-state index contributed by atoms with van der Waals surface area (Å²) in [5, 5.41) is 3.73. The van der Waals surface area contributed by atoms with Crippen LogP contribution in [0, 0.1) is 5.41 Å². The van der Waals surface area contributed by atoms with Crippen molar-refractivity contribution in [1.82, 2.24) is 5.32 Å². The Balaban J connectivity index is 3.54. The van der Waals surface area contributed by atoms with Gasteiger partial charge in [-0.1, -0.05) is 92.4 Å². The van der Waals surface area contributed by atoms with Crippen LogP contribution in [0.3, 0.4) is 0 Å². The van der Waals surface area contributed by atoms with Crippen molar-refractivity contribution in [1.29, 1.82) is 0 Å². The molecule has 1 heteroatoms. The van der Waals surface area contributed by atoms with E-state index in [4.69, 9.17) is 0 Å². The molecule has 1 N–H and O–H groups in total. The van der Waals surface area contributed by atoms with Gasteiger partial charge in [-0.15, -0.1) is 0 Å². The van der Waals surface area contributed by atoms with Crippen molar-refractivity contribution < 1.29 is 0 Å². The van der Waals surface area contributed by atoms with E-state index in [1.165, 1.54) is 77.2 Å². The Morgan fingerprint density at radius 3 is 1.65 bits per heavy atom. The highest BCUT2D eigenvalue weighted by molar-refractivity contribution is 4.80. The molecule has 1 nitrogen and oxygen atoms in total. The molecule has 0 aromatic carbocycles. The van der Waals surface area contributed by atoms with Crippen molar-refractivity contribution in [3.63, 3.8) is 0 Å². The van der Waals surface area contributed by atoms with E-state index in [9.17, 15) is 0 Å². The molecule has 0 radical (unpaired) electrons. The lowest BCUT2D eigenvalue weighted by atomic mass is 9.83. The van der Waals surface area contributed by atoms with E-state index in [-0.39, 0.29) is 0 Å². The number of unbranched alkanes of at least 4 members (excludes halogenated alkanes) is 8. The molecule has 0 aromatic heterocycles. The standard InChI is InChI=1S/C19H41N/c1-6-8-9-10-11-12-13-14-15-16-18(19(3,4)5)20-17-7-2/h18,20H,6-17H2,1-5H3. The van der Waals surface area contributed by atoms with Gasteiger partial charge in [0.05, 0.1) is 0 Å². The van der Waals surface area contributed by atoms with Crippen molar-refractivity contribution in [3.8, 4) is 0 Å². The fourth-order valence-electron chi connectivity index (χ4n) is 2.82. The summed E-state index contributed by atoms with van der Waals surface area (Å²) in [7, 11) is 0. The lowest BCUT2D eigenvalue weighted by molar-refractivity contribution is 0.249. The van der Waals surface area contributed by atoms with Crippen LogP contribution < -0.4 is 5.32 Å². The average Bonchev–Trinajstić information content (AvgIpc) is 2.38. The van der Waals surface area contributed by atoms with Gasteiger partial charge in [0, 0.05) is 6.04 Å². The van der Waals surface area contributed by atoms with Gasteiger partial charge in [-0.2, -0.15) is 0 Å². The normalized spacial score (nSPS) is 13.7. The third-order valence-corrected chi connectivity index (χ3v) is 4.28. The van der Waals surface area contributed by atoms with Crippen molar-refractivity contribution in [2.45, 2.75) is 111 Å². The first kappa shape index (κ1) is 20.0. The quantitative estimate of drug-likeness (QED) is 0.390. The number of hydrogen-bond acceptors (Lipinski definition) is 1. The Morgan fingerprint density at radius 2 is 1.20 bits per heavy atom. The molecule has 0 amide bonds. The maximum atomic E-state index is 3.73. The SMILES string of the molecule is CCCCCCCCCCCC(NCCC)C(C)(C)C. The summed E-state index contributed by atoms with van der Waals surface area (Å²) < 4.78 is 0. The summed E-state index contributed by atoms with van der Waals surface area (Å²) in [5.41, 5.74) is 0.398. The smallest absolute Gasteiger partial charge is 0.0116 e. The molecule has 1 atom stereocenters. The first-order valence-corrected chi connectivity index (χ1v) is 9.25. The van der Waals surface area contributed by atoms with Crippen LogP contribution in [0.25, 0.3) is 0 Å². The summed E-state index contributed by atoms with van der Waals surface area (Å²) in [5.74, 6) is 0.